The second kappa shape index (κ2) is 25.7. The van der Waals surface area contributed by atoms with Crippen LogP contribution in [0, 0.1) is 6.92 Å². The van der Waals surface area contributed by atoms with Gasteiger partial charge in [0, 0.05) is 40.7 Å². The fourth-order valence-corrected chi connectivity index (χ4v) is 16.2. The molecule has 3 nitrogen and oxygen atoms in total. The minimum Gasteiger partial charge on any atom is -0.311 e. The van der Waals surface area contributed by atoms with Crippen molar-refractivity contribution in [3.8, 4) is 44.5 Å². The summed E-state index contributed by atoms with van der Waals surface area (Å²) in [5.74, 6) is 0.0800. The van der Waals surface area contributed by atoms with E-state index in [4.69, 9.17) is 0 Å². The molecule has 10 aromatic rings. The van der Waals surface area contributed by atoms with Crippen LogP contribution in [0.25, 0.3) is 44.5 Å². The number of Topliss-reactive ketones (excluding diaryl/α,β-unsaturated/α-hetero) is 2. The summed E-state index contributed by atoms with van der Waals surface area (Å²) in [6.07, 6.45) is 12.9. The quantitative estimate of drug-likeness (QED) is 0.0447. The average Bonchev–Trinajstić information content (AvgIpc) is 1.57. The van der Waals surface area contributed by atoms with Gasteiger partial charge in [-0.3, -0.25) is 9.59 Å². The van der Waals surface area contributed by atoms with Crippen molar-refractivity contribution in [2.45, 2.75) is 179 Å². The summed E-state index contributed by atoms with van der Waals surface area (Å²) in [7, 11) is 0. The number of hydrogen-bond acceptors (Lipinski definition) is 3. The first-order valence-corrected chi connectivity index (χ1v) is 34.9. The van der Waals surface area contributed by atoms with E-state index in [0.717, 1.165) is 139 Å². The summed E-state index contributed by atoms with van der Waals surface area (Å²) in [6.45, 7) is 21.1. The van der Waals surface area contributed by atoms with E-state index < -0.39 is 5.41 Å². The molecule has 0 saturated carbocycles. The number of fused-ring (bicyclic) bond motifs is 9. The Labute approximate surface area is 555 Å². The molecule has 0 spiro atoms. The van der Waals surface area contributed by atoms with Crippen molar-refractivity contribution >= 4 is 28.6 Å². The van der Waals surface area contributed by atoms with E-state index in [1.807, 2.05) is 0 Å². The topological polar surface area (TPSA) is 37.4 Å². The van der Waals surface area contributed by atoms with E-state index in [-0.39, 0.29) is 33.2 Å². The highest BCUT2D eigenvalue weighted by atomic mass is 16.2. The lowest BCUT2D eigenvalue weighted by atomic mass is 9.60. The van der Waals surface area contributed by atoms with Crippen molar-refractivity contribution in [3.63, 3.8) is 0 Å². The predicted molar refractivity (Wildman–Crippen MR) is 391 cm³/mol. The Morgan fingerprint density at radius 3 is 1.44 bits per heavy atom. The molecule has 0 aliphatic heterocycles. The second-order valence-corrected chi connectivity index (χ2v) is 29.1. The molecule has 3 aliphatic carbocycles. The molecule has 0 aromatic heterocycles. The summed E-state index contributed by atoms with van der Waals surface area (Å²) >= 11 is 0. The van der Waals surface area contributed by atoms with E-state index in [0.29, 0.717) is 12.8 Å². The molecular formula is C90H93NO2. The molecule has 0 fully saturated rings. The lowest BCUT2D eigenvalue weighted by Crippen LogP contribution is -2.43. The normalized spacial score (nSPS) is 15.5. The molecule has 10 aromatic carbocycles. The number of benzene rings is 10. The molecule has 0 heterocycles. The van der Waals surface area contributed by atoms with Crippen molar-refractivity contribution in [2.75, 3.05) is 4.90 Å². The van der Waals surface area contributed by atoms with Gasteiger partial charge in [-0.05, 0) is 192 Å². The lowest BCUT2D eigenvalue weighted by molar-refractivity contribution is -0.133. The molecule has 0 radical (unpaired) electrons. The van der Waals surface area contributed by atoms with Crippen molar-refractivity contribution in [2.24, 2.45) is 0 Å². The number of nitrogens with zero attached hydrogens (tertiary/aromatic N) is 1. The summed E-state index contributed by atoms with van der Waals surface area (Å²) in [5.41, 5.74) is 23.6. The maximum Gasteiger partial charge on any atom is 0.155 e. The highest BCUT2D eigenvalue weighted by Gasteiger charge is 2.54. The lowest BCUT2D eigenvalue weighted by Gasteiger charge is -2.44. The third-order valence-electron chi connectivity index (χ3n) is 22.6. The molecule has 1 unspecified atom stereocenters. The molecule has 93 heavy (non-hydrogen) atoms. The maximum atomic E-state index is 15.6. The molecule has 4 bridgehead atoms. The summed E-state index contributed by atoms with van der Waals surface area (Å²) < 4.78 is 0. The minimum atomic E-state index is -1.39. The zero-order valence-electron chi connectivity index (χ0n) is 56.6. The molecule has 3 heteroatoms. The van der Waals surface area contributed by atoms with Gasteiger partial charge < -0.3 is 4.90 Å². The van der Waals surface area contributed by atoms with Crippen LogP contribution < -0.4 is 4.90 Å². The molecular weight excluding hydrogens is 1130 g/mol. The van der Waals surface area contributed by atoms with Crippen molar-refractivity contribution in [1.82, 2.24) is 0 Å². The van der Waals surface area contributed by atoms with Gasteiger partial charge in [-0.25, -0.2) is 0 Å². The number of aryl methyl sites for hydroxylation is 1. The number of para-hydroxylation sites is 1. The van der Waals surface area contributed by atoms with E-state index in [9.17, 15) is 0 Å². The largest absolute Gasteiger partial charge is 0.311 e. The van der Waals surface area contributed by atoms with Crippen molar-refractivity contribution in [3.05, 3.63) is 292 Å². The van der Waals surface area contributed by atoms with Crippen LogP contribution in [0.3, 0.4) is 0 Å². The van der Waals surface area contributed by atoms with Gasteiger partial charge in [-0.15, -0.1) is 0 Å². The Morgan fingerprint density at radius 2 is 0.860 bits per heavy atom. The van der Waals surface area contributed by atoms with E-state index in [1.165, 1.54) is 61.2 Å². The fraction of sp³-hybridized carbons (Fsp3) is 0.311. The van der Waals surface area contributed by atoms with E-state index in [1.54, 1.807) is 0 Å². The molecule has 3 aliphatic rings. The average molecular weight is 1220 g/mol. The van der Waals surface area contributed by atoms with Gasteiger partial charge in [0.1, 0.15) is 5.41 Å². The van der Waals surface area contributed by atoms with Crippen LogP contribution in [0.15, 0.2) is 231 Å². The Hall–Kier alpha value is -8.66. The standard InChI is InChI=1S/C90H93NO2/c1-10-12-14-16-24-33-84(92)90(85(93)34-25-17-15-13-11-2)82-56-67(65-37-35-62(3)36-38-65)41-51-78(82)79-52-42-68(57-83(79)90)66-39-47-74(48-40-66)91(73-31-22-19-23-32-73)75-49-43-69(44-50-75)87(6,7)88(8,9)72-46-54-77-76-53-45-71-58-80(76)89(81(77)59-72,60-63-27-20-18-21-28-63)61-64-29-26-30-70(55-64)86(71,4)5/h18-23,26-32,35-59H,10-17,24-25,33-34,60-61H2,1-9H3. The molecule has 470 valence electrons. The Morgan fingerprint density at radius 1 is 0.409 bits per heavy atom. The number of rotatable bonds is 24. The molecule has 0 amide bonds. The summed E-state index contributed by atoms with van der Waals surface area (Å²) in [6, 6.07) is 86.1. The number of unbranched alkanes of at least 4 members (excludes halogenated alkanes) is 8. The van der Waals surface area contributed by atoms with Gasteiger partial charge in [0.25, 0.3) is 0 Å². The number of ketones is 2. The van der Waals surface area contributed by atoms with E-state index >= 15 is 9.59 Å². The second-order valence-electron chi connectivity index (χ2n) is 29.1. The zero-order valence-corrected chi connectivity index (χ0v) is 56.6. The first-order valence-electron chi connectivity index (χ1n) is 34.9. The fourth-order valence-electron chi connectivity index (χ4n) is 16.2. The van der Waals surface area contributed by atoms with Gasteiger partial charge in [0.2, 0.25) is 0 Å². The molecule has 0 saturated heterocycles. The molecule has 1 atom stereocenters. The van der Waals surface area contributed by atoms with Gasteiger partial charge in [0.05, 0.1) is 0 Å². The Balaban J connectivity index is 0.835. The third kappa shape index (κ3) is 11.4. The zero-order chi connectivity index (χ0) is 64.7. The van der Waals surface area contributed by atoms with Crippen molar-refractivity contribution in [1.29, 1.82) is 0 Å². The van der Waals surface area contributed by atoms with Crippen LogP contribution >= 0.6 is 0 Å². The van der Waals surface area contributed by atoms with Crippen molar-refractivity contribution < 1.29 is 9.59 Å². The van der Waals surface area contributed by atoms with Gasteiger partial charge in [-0.2, -0.15) is 0 Å². The third-order valence-corrected chi connectivity index (χ3v) is 22.6. The monoisotopic (exact) mass is 1220 g/mol. The maximum absolute atomic E-state index is 15.6. The SMILES string of the molecule is CCCCCCCC(=O)C1(C(=O)CCCCCCC)c2cc(-c3ccc(C)cc3)ccc2-c2ccc(-c3ccc(N(c4ccccc4)c4ccc(C(C)(C)C(C)(C)c5ccc6c(c5)C5(Cc7ccccc7)Cc7cccc(c7)C(C)(C)c7ccc-6c5c7)cc4)cc3)cc21. The van der Waals surface area contributed by atoms with Crippen LogP contribution in [0.1, 0.15) is 194 Å². The Bertz CT molecular complexity index is 4330. The number of carbonyl (C=O) groups is 2. The number of hydrogen-bond donors (Lipinski definition) is 0. The van der Waals surface area contributed by atoms with Crippen LogP contribution in [0.5, 0.6) is 0 Å². The van der Waals surface area contributed by atoms with Crippen LogP contribution in [0.4, 0.5) is 17.1 Å². The van der Waals surface area contributed by atoms with Gasteiger partial charge in [0.15, 0.2) is 11.6 Å². The summed E-state index contributed by atoms with van der Waals surface area (Å²) in [5, 5.41) is 0. The molecule has 13 rings (SSSR count). The Kier molecular flexibility index (Phi) is 17.4. The van der Waals surface area contributed by atoms with E-state index in [2.05, 4.69) is 298 Å². The predicted octanol–water partition coefficient (Wildman–Crippen LogP) is 23.6. The van der Waals surface area contributed by atoms with Crippen LogP contribution in [-0.4, -0.2) is 11.6 Å². The van der Waals surface area contributed by atoms with Gasteiger partial charge >= 0.3 is 0 Å². The summed E-state index contributed by atoms with van der Waals surface area (Å²) in [4.78, 5) is 33.6. The van der Waals surface area contributed by atoms with Gasteiger partial charge in [-0.1, -0.05) is 294 Å². The minimum absolute atomic E-state index is 0.0400. The number of anilines is 3. The number of carbonyl (C=O) groups excluding carboxylic acids is 2. The first kappa shape index (κ1) is 63.1. The first-order chi connectivity index (χ1) is 45.0. The molecule has 0 N–H and O–H groups in total. The smallest absolute Gasteiger partial charge is 0.155 e. The van der Waals surface area contributed by atoms with Crippen LogP contribution in [0.2, 0.25) is 0 Å². The highest BCUT2D eigenvalue weighted by molar-refractivity contribution is 6.20. The highest BCUT2D eigenvalue weighted by Crippen LogP contribution is 2.58. The van der Waals surface area contributed by atoms with Crippen LogP contribution in [-0.2, 0) is 49.5 Å².